The summed E-state index contributed by atoms with van der Waals surface area (Å²) in [5, 5.41) is 10.2. The molecule has 2 atom stereocenters. The molecule has 0 aromatic heterocycles. The van der Waals surface area contributed by atoms with Crippen LogP contribution in [0.25, 0.3) is 45.8 Å². The Balaban J connectivity index is 0.000000218. The Morgan fingerprint density at radius 2 is 0.783 bits per heavy atom. The van der Waals surface area contributed by atoms with Gasteiger partial charge in [0.05, 0.1) is 0 Å². The number of hydrogen-bond acceptors (Lipinski definition) is 0. The van der Waals surface area contributed by atoms with Gasteiger partial charge in [-0.3, -0.25) is 0 Å². The van der Waals surface area contributed by atoms with Gasteiger partial charge in [-0.15, -0.1) is 71.7 Å². The third kappa shape index (κ3) is 7.72. The van der Waals surface area contributed by atoms with Crippen molar-refractivity contribution in [2.24, 2.45) is 0 Å². The van der Waals surface area contributed by atoms with Gasteiger partial charge in [0.2, 0.25) is 0 Å². The standard InChI is InChI=1S/2C20H15.C2H6Ge.2ClH.Zr/c2*1-20(13-16-8-2-3-9-17(16)14-20)19-12-6-10-15-7-4-5-11-18(15)19;1-3-2;;;/h2*2-13H,1H3;1-2H3;2*1H;/q2*-1;;;;+2. The minimum atomic E-state index is -0.148. The maximum absolute atomic E-state index is 3.66. The molecule has 0 nitrogen and oxygen atoms in total. The molecule has 0 heterocycles. The van der Waals surface area contributed by atoms with Crippen LogP contribution in [0.4, 0.5) is 0 Å². The molecule has 0 bridgehead atoms. The molecule has 228 valence electrons. The Kier molecular flexibility index (Phi) is 13.5. The first-order valence-electron chi connectivity index (χ1n) is 15.0. The third-order valence-corrected chi connectivity index (χ3v) is 8.30. The van der Waals surface area contributed by atoms with Gasteiger partial charge < -0.3 is 0 Å². The fourth-order valence-electron chi connectivity index (χ4n) is 6.37. The number of hydrogen-bond donors (Lipinski definition) is 0. The SMILES string of the molecule is CC1(c2cccc3ccccc23)[C-]=c2ccccc2=C1.CC1(c2cccc3ccccc23)[C-]=c2ccccc2=C1.Cl.Cl.[CH3][Ge][CH3].[Zr+2]. The van der Waals surface area contributed by atoms with E-state index < -0.39 is 0 Å². The van der Waals surface area contributed by atoms with Crippen LogP contribution in [-0.2, 0) is 37.0 Å². The van der Waals surface area contributed by atoms with Crippen molar-refractivity contribution in [3.63, 3.8) is 0 Å². The molecule has 8 rings (SSSR count). The second kappa shape index (κ2) is 16.4. The quantitative estimate of drug-likeness (QED) is 0.123. The molecule has 2 radical (unpaired) electrons. The smallest absolute Gasteiger partial charge is 2.00 e. The fourth-order valence-corrected chi connectivity index (χ4v) is 6.37. The minimum absolute atomic E-state index is 0. The van der Waals surface area contributed by atoms with Gasteiger partial charge in [0, 0.05) is 0 Å². The van der Waals surface area contributed by atoms with E-state index in [0.29, 0.717) is 15.4 Å². The van der Waals surface area contributed by atoms with Gasteiger partial charge in [0.25, 0.3) is 0 Å². The summed E-state index contributed by atoms with van der Waals surface area (Å²) < 4.78 is 0. The van der Waals surface area contributed by atoms with E-state index in [2.05, 4.69) is 183 Å². The van der Waals surface area contributed by atoms with Gasteiger partial charge in [-0.05, 0) is 43.5 Å². The van der Waals surface area contributed by atoms with Gasteiger partial charge >= 0.3 is 53.1 Å². The molecular weight excluding hydrogens is 739 g/mol. The topological polar surface area (TPSA) is 0 Å². The average Bonchev–Trinajstić information content (AvgIpc) is 3.58. The van der Waals surface area contributed by atoms with E-state index in [0.717, 1.165) is 0 Å². The van der Waals surface area contributed by atoms with Crippen LogP contribution in [-0.4, -0.2) is 15.4 Å². The zero-order valence-electron chi connectivity index (χ0n) is 26.7. The third-order valence-electron chi connectivity index (χ3n) is 8.30. The molecule has 0 amide bonds. The molecule has 2 aliphatic carbocycles. The zero-order chi connectivity index (χ0) is 29.9. The molecular formula is C42H38Cl2GeZr. The van der Waals surface area contributed by atoms with Crippen LogP contribution < -0.4 is 20.9 Å². The van der Waals surface area contributed by atoms with Crippen LogP contribution >= 0.6 is 24.8 Å². The molecule has 0 saturated heterocycles. The van der Waals surface area contributed by atoms with E-state index in [1.807, 2.05) is 0 Å². The molecule has 46 heavy (non-hydrogen) atoms. The van der Waals surface area contributed by atoms with Crippen LogP contribution in [0.15, 0.2) is 133 Å². The molecule has 0 fully saturated rings. The fraction of sp³-hybridized carbons (Fsp3) is 0.143. The van der Waals surface area contributed by atoms with Crippen LogP contribution in [0.1, 0.15) is 25.0 Å². The number of rotatable bonds is 2. The maximum Gasteiger partial charge on any atom is 2.00 e. The van der Waals surface area contributed by atoms with Crippen molar-refractivity contribution >= 4 is 86.1 Å². The zero-order valence-corrected chi connectivity index (χ0v) is 32.9. The van der Waals surface area contributed by atoms with E-state index in [9.17, 15) is 0 Å². The van der Waals surface area contributed by atoms with Crippen molar-refractivity contribution in [1.82, 2.24) is 0 Å². The van der Waals surface area contributed by atoms with Crippen LogP contribution in [0.5, 0.6) is 0 Å². The first-order chi connectivity index (χ1) is 20.9. The first-order valence-corrected chi connectivity index (χ1v) is 19.1. The van der Waals surface area contributed by atoms with Crippen LogP contribution in [0, 0.1) is 0 Å². The van der Waals surface area contributed by atoms with Gasteiger partial charge in [-0.25, -0.2) is 0 Å². The Bertz CT molecular complexity index is 1950. The second-order valence-corrected chi connectivity index (χ2v) is 13.8. The first kappa shape index (κ1) is 37.8. The van der Waals surface area contributed by atoms with Crippen molar-refractivity contribution in [3.8, 4) is 0 Å². The molecule has 6 aromatic carbocycles. The summed E-state index contributed by atoms with van der Waals surface area (Å²) in [6, 6.07) is 47.2. The molecule has 4 heteroatoms. The van der Waals surface area contributed by atoms with Gasteiger partial charge in [-0.2, -0.15) is 34.7 Å². The van der Waals surface area contributed by atoms with Crippen molar-refractivity contribution in [1.29, 1.82) is 0 Å². The molecule has 0 spiro atoms. The summed E-state index contributed by atoms with van der Waals surface area (Å²) in [5.74, 6) is 4.50. The predicted octanol–water partition coefficient (Wildman–Crippen LogP) is 8.13. The maximum atomic E-state index is 3.66. The summed E-state index contributed by atoms with van der Waals surface area (Å²) in [4.78, 5) is 0. The Morgan fingerprint density at radius 1 is 0.457 bits per heavy atom. The normalized spacial score (nSPS) is 18.0. The van der Waals surface area contributed by atoms with Crippen molar-refractivity contribution in [3.05, 3.63) is 165 Å². The molecule has 2 aliphatic rings. The van der Waals surface area contributed by atoms with E-state index in [1.54, 1.807) is 0 Å². The van der Waals surface area contributed by atoms with Crippen molar-refractivity contribution in [2.45, 2.75) is 36.2 Å². The Hall–Kier alpha value is -2.67. The molecule has 0 N–H and O–H groups in total. The van der Waals surface area contributed by atoms with Crippen molar-refractivity contribution in [2.75, 3.05) is 0 Å². The van der Waals surface area contributed by atoms with Gasteiger partial charge in [0.15, 0.2) is 0 Å². The largest absolute Gasteiger partial charge is 2.00 e. The summed E-state index contributed by atoms with van der Waals surface area (Å²) in [5.41, 5.74) is 2.35. The number of fused-ring (bicyclic) bond motifs is 4. The van der Waals surface area contributed by atoms with E-state index in [4.69, 9.17) is 0 Å². The molecule has 6 aromatic rings. The summed E-state index contributed by atoms with van der Waals surface area (Å²) in [6.07, 6.45) is 12.0. The van der Waals surface area contributed by atoms with Gasteiger partial charge in [-0.1, -0.05) is 111 Å². The number of halogens is 2. The van der Waals surface area contributed by atoms with Crippen LogP contribution in [0.3, 0.4) is 0 Å². The average molecular weight is 778 g/mol. The molecule has 2 unspecified atom stereocenters. The Morgan fingerprint density at radius 3 is 1.17 bits per heavy atom. The summed E-state index contributed by atoms with van der Waals surface area (Å²) in [6.45, 7) is 4.49. The molecule has 0 saturated carbocycles. The number of benzene rings is 6. The molecule has 0 aliphatic heterocycles. The monoisotopic (exact) mass is 776 g/mol. The summed E-state index contributed by atoms with van der Waals surface area (Å²) >= 11 is 0.500. The van der Waals surface area contributed by atoms with E-state index in [-0.39, 0.29) is 61.8 Å². The van der Waals surface area contributed by atoms with E-state index in [1.165, 1.54) is 53.5 Å². The van der Waals surface area contributed by atoms with Crippen molar-refractivity contribution < 1.29 is 26.2 Å². The predicted molar refractivity (Wildman–Crippen MR) is 202 cm³/mol. The Labute approximate surface area is 311 Å². The minimum Gasteiger partial charge on any atom is 2.00 e. The second-order valence-electron chi connectivity index (χ2n) is 11.7. The summed E-state index contributed by atoms with van der Waals surface area (Å²) in [7, 11) is 0. The van der Waals surface area contributed by atoms with Crippen LogP contribution in [0.2, 0.25) is 11.5 Å². The van der Waals surface area contributed by atoms with E-state index >= 15 is 0 Å². The van der Waals surface area contributed by atoms with Gasteiger partial charge in [0.1, 0.15) is 0 Å².